The summed E-state index contributed by atoms with van der Waals surface area (Å²) in [6, 6.07) is 0. The molecule has 0 saturated carbocycles. The molecule has 0 heterocycles. The number of hydrogen-bond donors (Lipinski definition) is 0. The van der Waals surface area contributed by atoms with Crippen molar-refractivity contribution in [2.24, 2.45) is 0 Å². The zero-order chi connectivity index (χ0) is 2.71. The molecular weight excluding hydrogens is 71.0 g/mol. The summed E-state index contributed by atoms with van der Waals surface area (Å²) in [5, 5.41) is 0. The second-order valence-corrected chi connectivity index (χ2v) is 0.224. The fourth-order valence-corrected chi connectivity index (χ4v) is 0. The van der Waals surface area contributed by atoms with Gasteiger partial charge in [0.05, 0.1) is 0 Å². The van der Waals surface area contributed by atoms with E-state index in [4.69, 9.17) is 8.42 Å². The molecule has 0 unspecified atom stereocenters. The smallest absolute Gasteiger partial charge is 0.427 e. The van der Waals surface area contributed by atoms with Gasteiger partial charge in [-0.15, -0.1) is 0 Å². The molecule has 0 aromatic heterocycles. The molecule has 0 saturated heterocycles. The standard InChI is InChI=1S/Li.HO2S/c;1-3-2/h;3H/q+1;-1. The van der Waals surface area contributed by atoms with Gasteiger partial charge >= 0.3 is 18.9 Å². The van der Waals surface area contributed by atoms with Crippen molar-refractivity contribution in [1.82, 2.24) is 0 Å². The van der Waals surface area contributed by atoms with E-state index in [1.165, 1.54) is 0 Å². The number of hydrogen-bond acceptors (Lipinski definition) is 3. The summed E-state index contributed by atoms with van der Waals surface area (Å²) in [6.07, 6.45) is 0. The van der Waals surface area contributed by atoms with Crippen molar-refractivity contribution in [3.63, 3.8) is 0 Å². The maximum Gasteiger partial charge on any atom is 1.00 e. The van der Waals surface area contributed by atoms with E-state index in [0.29, 0.717) is 0 Å². The van der Waals surface area contributed by atoms with Gasteiger partial charge in [-0.3, -0.25) is 0 Å². The Bertz CT molecular complexity index is 27.0. The molecule has 0 aromatic rings. The minimum atomic E-state index is -1.08. The Morgan fingerprint density at radius 2 is 1.25 bits per heavy atom. The van der Waals surface area contributed by atoms with Crippen LogP contribution in [0.5, 0.6) is 0 Å². The Hall–Kier alpha value is 0.547. The summed E-state index contributed by atoms with van der Waals surface area (Å²) in [6.45, 7) is 0. The first kappa shape index (κ1) is 8.82. The van der Waals surface area contributed by atoms with Crippen LogP contribution >= 0.6 is 0 Å². The second-order valence-electron chi connectivity index (χ2n) is 0.0745. The molecule has 0 aliphatic carbocycles. The van der Waals surface area contributed by atoms with Gasteiger partial charge < -0.3 is 8.42 Å². The predicted octanol–water partition coefficient (Wildman–Crippen LogP) is -3.50. The average Bonchev–Trinajstić information content (AvgIpc) is 0.918. The van der Waals surface area contributed by atoms with E-state index < -0.39 is 11.6 Å². The third-order valence-corrected chi connectivity index (χ3v) is 0. The van der Waals surface area contributed by atoms with Gasteiger partial charge in [-0.25, -0.2) is 0 Å². The van der Waals surface area contributed by atoms with E-state index >= 15 is 0 Å². The van der Waals surface area contributed by atoms with Crippen LogP contribution in [0.2, 0.25) is 0 Å². The predicted molar refractivity (Wildman–Crippen MR) is 10.1 cm³/mol. The Kier molecular flexibility index (Phi) is 21.2. The fourth-order valence-electron chi connectivity index (χ4n) is 0. The monoisotopic (exact) mass is 72.0 g/mol. The molecule has 0 rings (SSSR count). The van der Waals surface area contributed by atoms with Crippen LogP contribution in [0.4, 0.5) is 0 Å². The summed E-state index contributed by atoms with van der Waals surface area (Å²) in [4.78, 5) is 0. The molecule has 0 amide bonds. The SMILES string of the molecule is O=[SH-]=O.[Li+]. The fraction of sp³-hybridized carbons (Fsp3) is 0. The van der Waals surface area contributed by atoms with E-state index in [9.17, 15) is 0 Å². The molecule has 0 aromatic carbocycles. The molecule has 2 nitrogen and oxygen atoms in total. The summed E-state index contributed by atoms with van der Waals surface area (Å²) in [5.41, 5.74) is 0. The largest absolute Gasteiger partial charge is 1.00 e. The van der Waals surface area contributed by atoms with Gasteiger partial charge in [-0.2, -0.15) is 0 Å². The zero-order valence-electron chi connectivity index (χ0n) is 2.26. The summed E-state index contributed by atoms with van der Waals surface area (Å²) < 4.78 is 16.7. The first-order valence-electron chi connectivity index (χ1n) is 0.365. The van der Waals surface area contributed by atoms with Crippen molar-refractivity contribution in [2.75, 3.05) is 0 Å². The van der Waals surface area contributed by atoms with Crippen LogP contribution in [0.3, 0.4) is 0 Å². The third-order valence-electron chi connectivity index (χ3n) is 0. The van der Waals surface area contributed by atoms with Gasteiger partial charge in [-0.1, -0.05) is 11.6 Å². The van der Waals surface area contributed by atoms with Gasteiger partial charge in [-0.05, 0) is 0 Å². The first-order valence-corrected chi connectivity index (χ1v) is 1.10. The van der Waals surface area contributed by atoms with Crippen LogP contribution in [0.25, 0.3) is 0 Å². The van der Waals surface area contributed by atoms with Crippen molar-refractivity contribution in [1.29, 1.82) is 0 Å². The molecule has 0 aliphatic heterocycles. The van der Waals surface area contributed by atoms with Crippen LogP contribution in [-0.2, 0) is 20.0 Å². The van der Waals surface area contributed by atoms with Crippen LogP contribution in [0.15, 0.2) is 0 Å². The molecule has 0 radical (unpaired) electrons. The van der Waals surface area contributed by atoms with E-state index in [0.717, 1.165) is 0 Å². The van der Waals surface area contributed by atoms with Crippen LogP contribution in [0, 0.1) is 0 Å². The molecule has 0 N–H and O–H groups in total. The number of thiol groups is 1. The van der Waals surface area contributed by atoms with Crippen molar-refractivity contribution in [2.45, 2.75) is 0 Å². The van der Waals surface area contributed by atoms with Crippen LogP contribution in [-0.4, -0.2) is 0 Å². The van der Waals surface area contributed by atoms with Gasteiger partial charge in [0.1, 0.15) is 0 Å². The Balaban J connectivity index is 0. The summed E-state index contributed by atoms with van der Waals surface area (Å²) >= 11 is -1.08. The Morgan fingerprint density at radius 1 is 1.25 bits per heavy atom. The van der Waals surface area contributed by atoms with Crippen molar-refractivity contribution < 1.29 is 27.3 Å². The molecule has 20 valence electrons. The van der Waals surface area contributed by atoms with Crippen molar-refractivity contribution in [3.8, 4) is 0 Å². The molecule has 0 atom stereocenters. The van der Waals surface area contributed by atoms with Gasteiger partial charge in [0.15, 0.2) is 0 Å². The van der Waals surface area contributed by atoms with E-state index in [1.54, 1.807) is 0 Å². The van der Waals surface area contributed by atoms with E-state index in [2.05, 4.69) is 0 Å². The Morgan fingerprint density at radius 3 is 1.25 bits per heavy atom. The number of rotatable bonds is 0. The molecule has 0 aliphatic rings. The maximum absolute atomic E-state index is 8.35. The molecule has 0 fully saturated rings. The molecule has 0 bridgehead atoms. The zero-order valence-corrected chi connectivity index (χ0v) is 3.16. The molecule has 4 heavy (non-hydrogen) atoms. The minimum Gasteiger partial charge on any atom is -0.427 e. The minimum absolute atomic E-state index is 0. The molecular formula is HLiO2S. The van der Waals surface area contributed by atoms with Gasteiger partial charge in [0, 0.05) is 0 Å². The first-order chi connectivity index (χ1) is 1.41. The Labute approximate surface area is 39.4 Å². The summed E-state index contributed by atoms with van der Waals surface area (Å²) in [7, 11) is 0. The normalized spacial score (nSPS) is 4.00. The molecule has 4 heteroatoms. The third kappa shape index (κ3) is 20.4. The summed E-state index contributed by atoms with van der Waals surface area (Å²) in [5.74, 6) is 0. The van der Waals surface area contributed by atoms with Crippen LogP contribution in [0.1, 0.15) is 0 Å². The van der Waals surface area contributed by atoms with Gasteiger partial charge in [0.25, 0.3) is 0 Å². The van der Waals surface area contributed by atoms with E-state index in [-0.39, 0.29) is 18.9 Å². The topological polar surface area (TPSA) is 34.1 Å². The second kappa shape index (κ2) is 9.61. The quantitative estimate of drug-likeness (QED) is 0.169. The van der Waals surface area contributed by atoms with Crippen molar-refractivity contribution in [3.05, 3.63) is 0 Å². The maximum atomic E-state index is 8.35. The van der Waals surface area contributed by atoms with Crippen LogP contribution < -0.4 is 18.9 Å². The van der Waals surface area contributed by atoms with Crippen molar-refractivity contribution >= 4 is 11.6 Å². The molecule has 0 spiro atoms. The van der Waals surface area contributed by atoms with Gasteiger partial charge in [0.2, 0.25) is 0 Å². The average molecular weight is 72.0 g/mol. The van der Waals surface area contributed by atoms with E-state index in [1.807, 2.05) is 0 Å².